The Kier molecular flexibility index (Phi) is 4.38. The fraction of sp³-hybridized carbons (Fsp3) is 0.0556. The Balaban J connectivity index is 1.70. The van der Waals surface area contributed by atoms with Gasteiger partial charge in [0.25, 0.3) is 0 Å². The van der Waals surface area contributed by atoms with E-state index >= 15 is 0 Å². The zero-order valence-corrected chi connectivity index (χ0v) is 13.0. The number of carbonyl (C=O) groups is 2. The third-order valence-corrected chi connectivity index (χ3v) is 3.34. The average Bonchev–Trinajstić information content (AvgIpc) is 2.56. The van der Waals surface area contributed by atoms with Crippen molar-refractivity contribution in [3.05, 3.63) is 60.8 Å². The smallest absolute Gasteiger partial charge is 0.323 e. The van der Waals surface area contributed by atoms with E-state index in [1.165, 1.54) is 6.92 Å². The van der Waals surface area contributed by atoms with Gasteiger partial charge in [-0.15, -0.1) is 0 Å². The van der Waals surface area contributed by atoms with Gasteiger partial charge in [0.2, 0.25) is 5.91 Å². The van der Waals surface area contributed by atoms with Crippen molar-refractivity contribution in [2.24, 2.45) is 0 Å². The Labute approximate surface area is 138 Å². The monoisotopic (exact) mass is 320 g/mol. The van der Waals surface area contributed by atoms with E-state index in [9.17, 15) is 9.59 Å². The number of hydrogen-bond acceptors (Lipinski definition) is 3. The summed E-state index contributed by atoms with van der Waals surface area (Å²) in [7, 11) is 0. The Morgan fingerprint density at radius 3 is 2.21 bits per heavy atom. The molecule has 120 valence electrons. The van der Waals surface area contributed by atoms with Gasteiger partial charge >= 0.3 is 6.03 Å². The molecule has 3 rings (SSSR count). The summed E-state index contributed by atoms with van der Waals surface area (Å²) in [4.78, 5) is 27.5. The van der Waals surface area contributed by atoms with Crippen LogP contribution in [0.2, 0.25) is 0 Å². The van der Waals surface area contributed by atoms with Crippen LogP contribution < -0.4 is 16.0 Å². The zero-order valence-electron chi connectivity index (χ0n) is 13.0. The van der Waals surface area contributed by atoms with E-state index in [4.69, 9.17) is 0 Å². The molecule has 3 aromatic rings. The lowest BCUT2D eigenvalue weighted by Crippen LogP contribution is -2.19. The topological polar surface area (TPSA) is 83.1 Å². The Hall–Kier alpha value is -3.41. The quantitative estimate of drug-likeness (QED) is 0.685. The van der Waals surface area contributed by atoms with E-state index in [-0.39, 0.29) is 11.9 Å². The van der Waals surface area contributed by atoms with Crippen molar-refractivity contribution < 1.29 is 9.59 Å². The summed E-state index contributed by atoms with van der Waals surface area (Å²) in [6.45, 7) is 1.44. The Bertz CT molecular complexity index is 886. The van der Waals surface area contributed by atoms with E-state index in [1.54, 1.807) is 36.5 Å². The second-order valence-corrected chi connectivity index (χ2v) is 5.22. The van der Waals surface area contributed by atoms with Gasteiger partial charge in [-0.2, -0.15) is 0 Å². The largest absolute Gasteiger partial charge is 0.326 e. The van der Waals surface area contributed by atoms with E-state index in [2.05, 4.69) is 20.9 Å². The summed E-state index contributed by atoms with van der Waals surface area (Å²) in [5.74, 6) is -0.142. The number of hydrogen-bond donors (Lipinski definition) is 3. The van der Waals surface area contributed by atoms with Crippen molar-refractivity contribution in [1.29, 1.82) is 0 Å². The van der Waals surface area contributed by atoms with E-state index < -0.39 is 0 Å². The first-order valence-corrected chi connectivity index (χ1v) is 7.41. The molecule has 0 saturated heterocycles. The molecule has 24 heavy (non-hydrogen) atoms. The van der Waals surface area contributed by atoms with Crippen molar-refractivity contribution in [3.63, 3.8) is 0 Å². The number of amides is 3. The minimum atomic E-state index is -0.361. The molecule has 3 amide bonds. The normalized spacial score (nSPS) is 10.2. The van der Waals surface area contributed by atoms with Gasteiger partial charge in [0, 0.05) is 29.9 Å². The number of nitrogens with one attached hydrogen (secondary N) is 3. The zero-order chi connectivity index (χ0) is 16.9. The molecule has 0 aliphatic heterocycles. The van der Waals surface area contributed by atoms with Gasteiger partial charge in [0.15, 0.2) is 0 Å². The molecular formula is C18H16N4O2. The van der Waals surface area contributed by atoms with Crippen molar-refractivity contribution in [1.82, 2.24) is 4.98 Å². The molecule has 0 fully saturated rings. The maximum atomic E-state index is 12.2. The standard InChI is InChI=1S/C18H16N4O2/c1-12(23)20-14-7-9-15(10-8-14)21-18(24)22-16-6-2-4-13-5-3-11-19-17(13)16/h2-11H,1H3,(H,20,23)(H2,21,22,24). The van der Waals surface area contributed by atoms with Crippen LogP contribution in [-0.2, 0) is 4.79 Å². The molecule has 3 N–H and O–H groups in total. The van der Waals surface area contributed by atoms with Gasteiger partial charge < -0.3 is 16.0 Å². The number of nitrogens with zero attached hydrogens (tertiary/aromatic N) is 1. The molecule has 1 heterocycles. The molecule has 0 unspecified atom stereocenters. The number of pyridine rings is 1. The van der Waals surface area contributed by atoms with Gasteiger partial charge in [-0.05, 0) is 36.4 Å². The number of rotatable bonds is 3. The van der Waals surface area contributed by atoms with Gasteiger partial charge in [-0.25, -0.2) is 4.79 Å². The molecule has 0 radical (unpaired) electrons. The number of aromatic nitrogens is 1. The third kappa shape index (κ3) is 3.67. The highest BCUT2D eigenvalue weighted by molar-refractivity contribution is 6.05. The minimum Gasteiger partial charge on any atom is -0.326 e. The average molecular weight is 320 g/mol. The lowest BCUT2D eigenvalue weighted by molar-refractivity contribution is -0.114. The third-order valence-electron chi connectivity index (χ3n) is 3.34. The van der Waals surface area contributed by atoms with Crippen LogP contribution in [0.25, 0.3) is 10.9 Å². The lowest BCUT2D eigenvalue weighted by atomic mass is 10.2. The molecule has 0 aliphatic rings. The highest BCUT2D eigenvalue weighted by Crippen LogP contribution is 2.21. The predicted molar refractivity (Wildman–Crippen MR) is 95.1 cm³/mol. The SMILES string of the molecule is CC(=O)Nc1ccc(NC(=O)Nc2cccc3cccnc23)cc1. The van der Waals surface area contributed by atoms with Crippen LogP contribution in [0.4, 0.5) is 21.9 Å². The van der Waals surface area contributed by atoms with Gasteiger partial charge in [0.05, 0.1) is 11.2 Å². The van der Waals surface area contributed by atoms with Crippen molar-refractivity contribution in [2.75, 3.05) is 16.0 Å². The summed E-state index contributed by atoms with van der Waals surface area (Å²) in [6, 6.07) is 15.9. The highest BCUT2D eigenvalue weighted by Gasteiger charge is 2.07. The second-order valence-electron chi connectivity index (χ2n) is 5.22. The van der Waals surface area contributed by atoms with E-state index in [0.717, 1.165) is 10.9 Å². The molecule has 2 aromatic carbocycles. The van der Waals surface area contributed by atoms with Crippen molar-refractivity contribution in [2.45, 2.75) is 6.92 Å². The summed E-state index contributed by atoms with van der Waals surface area (Å²) in [5.41, 5.74) is 2.66. The van der Waals surface area contributed by atoms with Crippen LogP contribution in [0.15, 0.2) is 60.8 Å². The van der Waals surface area contributed by atoms with E-state index in [1.807, 2.05) is 24.3 Å². The van der Waals surface area contributed by atoms with Gasteiger partial charge in [0.1, 0.15) is 0 Å². The summed E-state index contributed by atoms with van der Waals surface area (Å²) in [6.07, 6.45) is 1.69. The number of para-hydroxylation sites is 1. The Morgan fingerprint density at radius 2 is 1.50 bits per heavy atom. The van der Waals surface area contributed by atoms with Gasteiger partial charge in [-0.3, -0.25) is 9.78 Å². The number of carbonyl (C=O) groups excluding carboxylic acids is 2. The fourth-order valence-electron chi connectivity index (χ4n) is 2.33. The first kappa shape index (κ1) is 15.5. The summed E-state index contributed by atoms with van der Waals surface area (Å²) in [5, 5.41) is 9.17. The molecule has 1 aromatic heterocycles. The fourth-order valence-corrected chi connectivity index (χ4v) is 2.33. The molecule has 6 nitrogen and oxygen atoms in total. The first-order valence-electron chi connectivity index (χ1n) is 7.41. The first-order chi connectivity index (χ1) is 11.6. The van der Waals surface area contributed by atoms with Crippen LogP contribution in [-0.4, -0.2) is 16.9 Å². The maximum Gasteiger partial charge on any atom is 0.323 e. The molecule has 0 saturated carbocycles. The van der Waals surface area contributed by atoms with Crippen molar-refractivity contribution >= 4 is 39.9 Å². The summed E-state index contributed by atoms with van der Waals surface area (Å²) >= 11 is 0. The Morgan fingerprint density at radius 1 is 0.833 bits per heavy atom. The van der Waals surface area contributed by atoms with Crippen LogP contribution in [0.5, 0.6) is 0 Å². The molecular weight excluding hydrogens is 304 g/mol. The maximum absolute atomic E-state index is 12.2. The predicted octanol–water partition coefficient (Wildman–Crippen LogP) is 3.84. The van der Waals surface area contributed by atoms with Gasteiger partial charge in [-0.1, -0.05) is 18.2 Å². The number of urea groups is 1. The number of fused-ring (bicyclic) bond motifs is 1. The van der Waals surface area contributed by atoms with Crippen LogP contribution in [0.3, 0.4) is 0 Å². The number of anilines is 3. The molecule has 6 heteroatoms. The lowest BCUT2D eigenvalue weighted by Gasteiger charge is -2.10. The number of benzene rings is 2. The molecule has 0 aliphatic carbocycles. The summed E-state index contributed by atoms with van der Waals surface area (Å²) < 4.78 is 0. The molecule has 0 bridgehead atoms. The van der Waals surface area contributed by atoms with Crippen LogP contribution >= 0.6 is 0 Å². The molecule has 0 spiro atoms. The second kappa shape index (κ2) is 6.78. The van der Waals surface area contributed by atoms with Crippen LogP contribution in [0.1, 0.15) is 6.92 Å². The van der Waals surface area contributed by atoms with E-state index in [0.29, 0.717) is 17.1 Å². The van der Waals surface area contributed by atoms with Crippen molar-refractivity contribution in [3.8, 4) is 0 Å². The van der Waals surface area contributed by atoms with Crippen LogP contribution in [0, 0.1) is 0 Å². The minimum absolute atomic E-state index is 0.142. The molecule has 0 atom stereocenters. The highest BCUT2D eigenvalue weighted by atomic mass is 16.2.